The van der Waals surface area contributed by atoms with Gasteiger partial charge in [-0.3, -0.25) is 0 Å². The van der Waals surface area contributed by atoms with Gasteiger partial charge in [-0.05, 0) is 52.8 Å². The van der Waals surface area contributed by atoms with Crippen LogP contribution >= 0.6 is 0 Å². The SMILES string of the molecule is CNCC(O)COc1cccc(-c2nc(NC3CC(O)C3)c(C)c(-c3c(C)noc3C)n2)c1. The van der Waals surface area contributed by atoms with Crippen LogP contribution in [0, 0.1) is 20.8 Å². The molecular formula is C24H31N5O4. The van der Waals surface area contributed by atoms with Gasteiger partial charge in [-0.2, -0.15) is 0 Å². The molecule has 176 valence electrons. The molecule has 1 aromatic carbocycles. The van der Waals surface area contributed by atoms with Gasteiger partial charge >= 0.3 is 0 Å². The summed E-state index contributed by atoms with van der Waals surface area (Å²) in [5.74, 6) is 2.59. The molecule has 3 aromatic rings. The third-order valence-electron chi connectivity index (χ3n) is 5.84. The van der Waals surface area contributed by atoms with E-state index >= 15 is 0 Å². The smallest absolute Gasteiger partial charge is 0.162 e. The number of aryl methyl sites for hydroxylation is 2. The number of hydrogen-bond donors (Lipinski definition) is 4. The molecule has 0 aliphatic heterocycles. The third-order valence-corrected chi connectivity index (χ3v) is 5.84. The Hall–Kier alpha value is -3.01. The average Bonchev–Trinajstić information content (AvgIpc) is 3.11. The minimum Gasteiger partial charge on any atom is -0.491 e. The zero-order valence-corrected chi connectivity index (χ0v) is 19.4. The van der Waals surface area contributed by atoms with Gasteiger partial charge in [0.15, 0.2) is 5.82 Å². The molecule has 1 aliphatic rings. The molecule has 0 spiro atoms. The van der Waals surface area contributed by atoms with E-state index in [0.717, 1.165) is 33.9 Å². The van der Waals surface area contributed by atoms with Crippen LogP contribution in [0.15, 0.2) is 28.8 Å². The second-order valence-electron chi connectivity index (χ2n) is 8.59. The highest BCUT2D eigenvalue weighted by Gasteiger charge is 2.29. The van der Waals surface area contributed by atoms with Crippen molar-refractivity contribution >= 4 is 5.82 Å². The van der Waals surface area contributed by atoms with Crippen molar-refractivity contribution in [3.8, 4) is 28.4 Å². The molecule has 2 heterocycles. The van der Waals surface area contributed by atoms with Crippen LogP contribution in [0.25, 0.3) is 22.6 Å². The van der Waals surface area contributed by atoms with Gasteiger partial charge in [-0.25, -0.2) is 9.97 Å². The molecule has 1 atom stereocenters. The van der Waals surface area contributed by atoms with E-state index in [1.807, 2.05) is 45.0 Å². The van der Waals surface area contributed by atoms with Gasteiger partial charge in [0, 0.05) is 23.7 Å². The lowest BCUT2D eigenvalue weighted by Gasteiger charge is -2.33. The molecule has 0 saturated heterocycles. The van der Waals surface area contributed by atoms with E-state index in [0.29, 0.717) is 36.7 Å². The number of likely N-dealkylation sites (N-methyl/N-ethyl adjacent to an activating group) is 1. The van der Waals surface area contributed by atoms with E-state index in [1.54, 1.807) is 7.05 Å². The van der Waals surface area contributed by atoms with E-state index in [9.17, 15) is 10.2 Å². The van der Waals surface area contributed by atoms with Gasteiger partial charge in [0.05, 0.1) is 23.1 Å². The molecule has 9 heteroatoms. The molecule has 1 aliphatic carbocycles. The average molecular weight is 454 g/mol. The van der Waals surface area contributed by atoms with Crippen LogP contribution in [0.2, 0.25) is 0 Å². The Bertz CT molecular complexity index is 1090. The number of aromatic nitrogens is 3. The summed E-state index contributed by atoms with van der Waals surface area (Å²) in [5, 5.41) is 30.1. The van der Waals surface area contributed by atoms with Crippen LogP contribution in [0.3, 0.4) is 0 Å². The van der Waals surface area contributed by atoms with Crippen LogP contribution in [0.4, 0.5) is 5.82 Å². The van der Waals surface area contributed by atoms with E-state index in [1.165, 1.54) is 0 Å². The maximum atomic E-state index is 9.94. The normalized spacial score (nSPS) is 18.6. The number of benzene rings is 1. The van der Waals surface area contributed by atoms with Crippen molar-refractivity contribution in [1.29, 1.82) is 0 Å². The second kappa shape index (κ2) is 9.86. The number of anilines is 1. The van der Waals surface area contributed by atoms with Crippen molar-refractivity contribution in [1.82, 2.24) is 20.4 Å². The molecule has 4 rings (SSSR count). The maximum absolute atomic E-state index is 9.94. The molecule has 9 nitrogen and oxygen atoms in total. The summed E-state index contributed by atoms with van der Waals surface area (Å²) in [6.07, 6.45) is 0.516. The van der Waals surface area contributed by atoms with Gasteiger partial charge in [-0.1, -0.05) is 17.3 Å². The predicted octanol–water partition coefficient (Wildman–Crippen LogP) is 2.62. The van der Waals surface area contributed by atoms with Crippen molar-refractivity contribution in [2.75, 3.05) is 25.5 Å². The molecule has 1 fully saturated rings. The Morgan fingerprint density at radius 2 is 2.00 bits per heavy atom. The number of nitrogens with zero attached hydrogens (tertiary/aromatic N) is 3. The Morgan fingerprint density at radius 1 is 1.21 bits per heavy atom. The van der Waals surface area contributed by atoms with Crippen LogP contribution in [-0.4, -0.2) is 63.8 Å². The summed E-state index contributed by atoms with van der Waals surface area (Å²) < 4.78 is 11.2. The van der Waals surface area contributed by atoms with E-state index in [-0.39, 0.29) is 18.8 Å². The Balaban J connectivity index is 1.70. The summed E-state index contributed by atoms with van der Waals surface area (Å²) in [5.41, 5.74) is 4.07. The Morgan fingerprint density at radius 3 is 2.67 bits per heavy atom. The molecule has 2 aromatic heterocycles. The van der Waals surface area contributed by atoms with Gasteiger partial charge in [0.25, 0.3) is 0 Å². The summed E-state index contributed by atoms with van der Waals surface area (Å²) >= 11 is 0. The Labute approximate surface area is 193 Å². The van der Waals surface area contributed by atoms with Crippen LogP contribution in [0.5, 0.6) is 5.75 Å². The minimum atomic E-state index is -0.603. The number of rotatable bonds is 9. The lowest BCUT2D eigenvalue weighted by Crippen LogP contribution is -2.39. The van der Waals surface area contributed by atoms with Crippen molar-refractivity contribution in [2.45, 2.75) is 51.9 Å². The summed E-state index contributed by atoms with van der Waals surface area (Å²) in [4.78, 5) is 9.70. The molecule has 1 unspecified atom stereocenters. The van der Waals surface area contributed by atoms with Gasteiger partial charge in [-0.15, -0.1) is 0 Å². The first-order valence-electron chi connectivity index (χ1n) is 11.2. The number of aliphatic hydroxyl groups excluding tert-OH is 2. The lowest BCUT2D eigenvalue weighted by molar-refractivity contribution is 0.0835. The molecule has 0 bridgehead atoms. The highest BCUT2D eigenvalue weighted by atomic mass is 16.5. The molecule has 33 heavy (non-hydrogen) atoms. The fourth-order valence-corrected chi connectivity index (χ4v) is 3.96. The number of ether oxygens (including phenoxy) is 1. The summed E-state index contributed by atoms with van der Waals surface area (Å²) in [6.45, 7) is 6.38. The quantitative estimate of drug-likeness (QED) is 0.387. The monoisotopic (exact) mass is 453 g/mol. The van der Waals surface area contributed by atoms with Crippen LogP contribution in [-0.2, 0) is 0 Å². The fourth-order valence-electron chi connectivity index (χ4n) is 3.96. The largest absolute Gasteiger partial charge is 0.491 e. The van der Waals surface area contributed by atoms with Gasteiger partial charge in [0.2, 0.25) is 0 Å². The lowest BCUT2D eigenvalue weighted by atomic mass is 9.89. The molecule has 0 radical (unpaired) electrons. The summed E-state index contributed by atoms with van der Waals surface area (Å²) in [6, 6.07) is 7.68. The topological polar surface area (TPSA) is 126 Å². The number of hydrogen-bond acceptors (Lipinski definition) is 9. The van der Waals surface area contributed by atoms with Crippen molar-refractivity contribution in [3.63, 3.8) is 0 Å². The van der Waals surface area contributed by atoms with Crippen LogP contribution in [0.1, 0.15) is 29.9 Å². The zero-order chi connectivity index (χ0) is 23.5. The van der Waals surface area contributed by atoms with Gasteiger partial charge < -0.3 is 30.1 Å². The molecule has 1 saturated carbocycles. The summed E-state index contributed by atoms with van der Waals surface area (Å²) in [7, 11) is 1.78. The first-order chi connectivity index (χ1) is 15.9. The Kier molecular flexibility index (Phi) is 6.92. The second-order valence-corrected chi connectivity index (χ2v) is 8.59. The zero-order valence-electron chi connectivity index (χ0n) is 19.4. The molecule has 4 N–H and O–H groups in total. The highest BCUT2D eigenvalue weighted by molar-refractivity contribution is 5.74. The maximum Gasteiger partial charge on any atom is 0.162 e. The van der Waals surface area contributed by atoms with E-state index in [4.69, 9.17) is 19.2 Å². The standard InChI is InChI=1S/C24H31N5O4/c1-13-22(21-14(2)29-33-15(21)3)27-24(28-23(13)26-17-9-18(30)10-17)16-6-5-7-20(8-16)32-12-19(31)11-25-4/h5-8,17-19,25,30-31H,9-12H2,1-4H3,(H,26,27,28). The van der Waals surface area contributed by atoms with Gasteiger partial charge in [0.1, 0.15) is 30.0 Å². The molecular weight excluding hydrogens is 422 g/mol. The van der Waals surface area contributed by atoms with Crippen molar-refractivity contribution < 1.29 is 19.5 Å². The fraction of sp³-hybridized carbons (Fsp3) is 0.458. The first kappa shape index (κ1) is 23.2. The third kappa shape index (κ3) is 5.16. The first-order valence-corrected chi connectivity index (χ1v) is 11.2. The minimum absolute atomic E-state index is 0.169. The van der Waals surface area contributed by atoms with E-state index < -0.39 is 6.10 Å². The van der Waals surface area contributed by atoms with Crippen LogP contribution < -0.4 is 15.4 Å². The predicted molar refractivity (Wildman–Crippen MR) is 125 cm³/mol. The number of aliphatic hydroxyl groups is 2. The molecule has 0 amide bonds. The highest BCUT2D eigenvalue weighted by Crippen LogP contribution is 2.35. The number of nitrogens with one attached hydrogen (secondary N) is 2. The van der Waals surface area contributed by atoms with E-state index in [2.05, 4.69) is 15.8 Å². The van der Waals surface area contributed by atoms with Crippen molar-refractivity contribution in [3.05, 3.63) is 41.3 Å². The van der Waals surface area contributed by atoms with Crippen molar-refractivity contribution in [2.24, 2.45) is 0 Å².